The molecule has 0 unspecified atom stereocenters. The molecule has 84 valence electrons. The van der Waals surface area contributed by atoms with Crippen molar-refractivity contribution in [3.8, 4) is 0 Å². The molecule has 0 spiro atoms. The van der Waals surface area contributed by atoms with E-state index < -0.39 is 0 Å². The van der Waals surface area contributed by atoms with Gasteiger partial charge in [-0.25, -0.2) is 0 Å². The first-order chi connectivity index (χ1) is 7.70. The number of benzene rings is 1. The molecule has 1 rings (SSSR count). The SMILES string of the molecule is C=C(/C(=C/CC)C(N)=NC)c1ccccc1. The monoisotopic (exact) mass is 214 g/mol. The second-order valence-electron chi connectivity index (χ2n) is 3.48. The Morgan fingerprint density at radius 1 is 1.38 bits per heavy atom. The minimum absolute atomic E-state index is 0.538. The summed E-state index contributed by atoms with van der Waals surface area (Å²) in [4.78, 5) is 4.02. The Hall–Kier alpha value is -1.83. The fourth-order valence-corrected chi connectivity index (χ4v) is 1.50. The van der Waals surface area contributed by atoms with Gasteiger partial charge < -0.3 is 5.73 Å². The molecule has 0 aliphatic heterocycles. The molecule has 2 nitrogen and oxygen atoms in total. The number of aliphatic imine (C=N–C) groups is 1. The molecule has 1 aromatic rings. The van der Waals surface area contributed by atoms with E-state index in [0.29, 0.717) is 5.84 Å². The summed E-state index contributed by atoms with van der Waals surface area (Å²) in [5.41, 5.74) is 8.79. The van der Waals surface area contributed by atoms with Crippen molar-refractivity contribution in [3.05, 3.63) is 54.1 Å². The molecule has 2 N–H and O–H groups in total. The van der Waals surface area contributed by atoms with Crippen LogP contribution in [0.25, 0.3) is 5.57 Å². The summed E-state index contributed by atoms with van der Waals surface area (Å²) < 4.78 is 0. The van der Waals surface area contributed by atoms with Gasteiger partial charge >= 0.3 is 0 Å². The number of rotatable bonds is 4. The summed E-state index contributed by atoms with van der Waals surface area (Å²) in [6, 6.07) is 10.0. The minimum Gasteiger partial charge on any atom is -0.384 e. The van der Waals surface area contributed by atoms with Crippen LogP contribution in [-0.2, 0) is 0 Å². The van der Waals surface area contributed by atoms with Gasteiger partial charge in [0, 0.05) is 12.6 Å². The van der Waals surface area contributed by atoms with Gasteiger partial charge in [0.2, 0.25) is 0 Å². The lowest BCUT2D eigenvalue weighted by atomic mass is 9.98. The van der Waals surface area contributed by atoms with Gasteiger partial charge in [-0.1, -0.05) is 49.9 Å². The molecule has 0 radical (unpaired) electrons. The van der Waals surface area contributed by atoms with E-state index in [-0.39, 0.29) is 0 Å². The summed E-state index contributed by atoms with van der Waals surface area (Å²) in [5.74, 6) is 0.538. The molecule has 0 aromatic heterocycles. The van der Waals surface area contributed by atoms with E-state index in [1.807, 2.05) is 30.3 Å². The number of amidine groups is 1. The Bertz CT molecular complexity index is 414. The number of hydrogen-bond acceptors (Lipinski definition) is 1. The number of nitrogens with two attached hydrogens (primary N) is 1. The number of hydrogen-bond donors (Lipinski definition) is 1. The van der Waals surface area contributed by atoms with Crippen molar-refractivity contribution in [3.63, 3.8) is 0 Å². The second kappa shape index (κ2) is 5.91. The summed E-state index contributed by atoms with van der Waals surface area (Å²) in [6.45, 7) is 6.15. The third-order valence-corrected chi connectivity index (χ3v) is 2.37. The molecule has 16 heavy (non-hydrogen) atoms. The highest BCUT2D eigenvalue weighted by atomic mass is 14.8. The number of nitrogens with zero attached hydrogens (tertiary/aromatic N) is 1. The fraction of sp³-hybridized carbons (Fsp3) is 0.214. The van der Waals surface area contributed by atoms with Gasteiger partial charge in [-0.3, -0.25) is 4.99 Å². The molecule has 0 amide bonds. The minimum atomic E-state index is 0.538. The molecule has 0 saturated carbocycles. The normalized spacial score (nSPS) is 12.6. The molecule has 0 aliphatic rings. The molecule has 0 aliphatic carbocycles. The van der Waals surface area contributed by atoms with Gasteiger partial charge in [0.1, 0.15) is 5.84 Å². The first-order valence-corrected chi connectivity index (χ1v) is 5.38. The van der Waals surface area contributed by atoms with Crippen LogP contribution in [0.1, 0.15) is 18.9 Å². The highest BCUT2D eigenvalue weighted by Gasteiger charge is 2.08. The molecule has 0 bridgehead atoms. The van der Waals surface area contributed by atoms with Crippen molar-refractivity contribution in [2.24, 2.45) is 10.7 Å². The molecule has 0 heterocycles. The molecular weight excluding hydrogens is 196 g/mol. The van der Waals surface area contributed by atoms with Crippen LogP contribution >= 0.6 is 0 Å². The zero-order chi connectivity index (χ0) is 12.0. The standard InChI is InChI=1S/C14H18N2/c1-4-8-13(14(15)16-3)11(2)12-9-6-5-7-10-12/h5-10H,2,4H2,1,3H3,(H2,15,16)/b13-8-. The average molecular weight is 214 g/mol. The molecule has 1 aromatic carbocycles. The maximum Gasteiger partial charge on any atom is 0.125 e. The summed E-state index contributed by atoms with van der Waals surface area (Å²) >= 11 is 0. The fourth-order valence-electron chi connectivity index (χ4n) is 1.50. The van der Waals surface area contributed by atoms with Crippen LogP contribution in [0.15, 0.2) is 53.6 Å². The van der Waals surface area contributed by atoms with Crippen LogP contribution in [0.5, 0.6) is 0 Å². The van der Waals surface area contributed by atoms with Crippen LogP contribution in [0.4, 0.5) is 0 Å². The van der Waals surface area contributed by atoms with Crippen LogP contribution in [0.3, 0.4) is 0 Å². The van der Waals surface area contributed by atoms with Crippen LogP contribution < -0.4 is 5.73 Å². The Balaban J connectivity index is 3.07. The largest absolute Gasteiger partial charge is 0.384 e. The highest BCUT2D eigenvalue weighted by molar-refractivity contribution is 6.10. The summed E-state index contributed by atoms with van der Waals surface area (Å²) in [7, 11) is 1.69. The predicted octanol–water partition coefficient (Wildman–Crippen LogP) is 3.02. The Labute approximate surface area is 97.2 Å². The van der Waals surface area contributed by atoms with Gasteiger partial charge in [-0.05, 0) is 17.6 Å². The molecule has 0 fully saturated rings. The Kier molecular flexibility index (Phi) is 4.52. The lowest BCUT2D eigenvalue weighted by molar-refractivity contribution is 1.21. The zero-order valence-corrected chi connectivity index (χ0v) is 9.90. The third kappa shape index (κ3) is 2.83. The Morgan fingerprint density at radius 3 is 2.50 bits per heavy atom. The maximum absolute atomic E-state index is 5.86. The van der Waals surface area contributed by atoms with Crippen molar-refractivity contribution in [2.45, 2.75) is 13.3 Å². The van der Waals surface area contributed by atoms with Crippen LogP contribution in [0.2, 0.25) is 0 Å². The smallest absolute Gasteiger partial charge is 0.125 e. The first kappa shape index (κ1) is 12.2. The highest BCUT2D eigenvalue weighted by Crippen LogP contribution is 2.21. The van der Waals surface area contributed by atoms with Gasteiger partial charge in [0.15, 0.2) is 0 Å². The summed E-state index contributed by atoms with van der Waals surface area (Å²) in [5, 5.41) is 0. The summed E-state index contributed by atoms with van der Waals surface area (Å²) in [6.07, 6.45) is 2.97. The topological polar surface area (TPSA) is 38.4 Å². The van der Waals surface area contributed by atoms with Gasteiger partial charge in [-0.2, -0.15) is 0 Å². The zero-order valence-electron chi connectivity index (χ0n) is 9.90. The van der Waals surface area contributed by atoms with Crippen molar-refractivity contribution < 1.29 is 0 Å². The third-order valence-electron chi connectivity index (χ3n) is 2.37. The molecule has 0 saturated heterocycles. The predicted molar refractivity (Wildman–Crippen MR) is 71.4 cm³/mol. The van der Waals surface area contributed by atoms with Gasteiger partial charge in [0.25, 0.3) is 0 Å². The van der Waals surface area contributed by atoms with Gasteiger partial charge in [0.05, 0.1) is 0 Å². The van der Waals surface area contributed by atoms with E-state index in [1.165, 1.54) is 0 Å². The van der Waals surface area contributed by atoms with E-state index in [9.17, 15) is 0 Å². The Morgan fingerprint density at radius 2 is 2.00 bits per heavy atom. The van der Waals surface area contributed by atoms with E-state index in [0.717, 1.165) is 23.1 Å². The van der Waals surface area contributed by atoms with Crippen molar-refractivity contribution in [2.75, 3.05) is 7.05 Å². The van der Waals surface area contributed by atoms with Crippen LogP contribution in [0, 0.1) is 0 Å². The van der Waals surface area contributed by atoms with Crippen molar-refractivity contribution in [1.82, 2.24) is 0 Å². The van der Waals surface area contributed by atoms with E-state index in [2.05, 4.69) is 24.6 Å². The molecule has 0 atom stereocenters. The maximum atomic E-state index is 5.86. The quantitative estimate of drug-likeness (QED) is 0.467. The van der Waals surface area contributed by atoms with Crippen molar-refractivity contribution >= 4 is 11.4 Å². The van der Waals surface area contributed by atoms with Crippen LogP contribution in [-0.4, -0.2) is 12.9 Å². The van der Waals surface area contributed by atoms with E-state index in [1.54, 1.807) is 7.05 Å². The molecule has 2 heteroatoms. The number of allylic oxidation sites excluding steroid dienone is 1. The molecular formula is C14H18N2. The average Bonchev–Trinajstić information content (AvgIpc) is 2.35. The first-order valence-electron chi connectivity index (χ1n) is 5.38. The van der Waals surface area contributed by atoms with E-state index >= 15 is 0 Å². The van der Waals surface area contributed by atoms with Crippen molar-refractivity contribution in [1.29, 1.82) is 0 Å². The lowest BCUT2D eigenvalue weighted by Crippen LogP contribution is -2.15. The second-order valence-corrected chi connectivity index (χ2v) is 3.48. The van der Waals surface area contributed by atoms with E-state index in [4.69, 9.17) is 5.73 Å². The van der Waals surface area contributed by atoms with Gasteiger partial charge in [-0.15, -0.1) is 0 Å². The lowest BCUT2D eigenvalue weighted by Gasteiger charge is -2.10.